The number of nitrogens with zero attached hydrogens (tertiary/aromatic N) is 1. The maximum absolute atomic E-state index is 3.91. The van der Waals surface area contributed by atoms with Crippen molar-refractivity contribution in [2.45, 2.75) is 91.3 Å². The van der Waals surface area contributed by atoms with Crippen LogP contribution in [-0.2, 0) is 0 Å². The summed E-state index contributed by atoms with van der Waals surface area (Å²) in [7, 11) is 0. The van der Waals surface area contributed by atoms with Gasteiger partial charge >= 0.3 is 0 Å². The Kier molecular flexibility index (Phi) is 5.53. The van der Waals surface area contributed by atoms with Gasteiger partial charge in [-0.15, -0.1) is 0 Å². The molecule has 0 aromatic rings. The fourth-order valence-corrected chi connectivity index (χ4v) is 4.18. The van der Waals surface area contributed by atoms with Gasteiger partial charge in [0.1, 0.15) is 0 Å². The van der Waals surface area contributed by atoms with Crippen molar-refractivity contribution in [1.29, 1.82) is 0 Å². The van der Waals surface area contributed by atoms with E-state index in [-0.39, 0.29) is 0 Å². The lowest BCUT2D eigenvalue weighted by Crippen LogP contribution is -2.64. The van der Waals surface area contributed by atoms with Crippen molar-refractivity contribution in [3.05, 3.63) is 0 Å². The third kappa shape index (κ3) is 3.76. The van der Waals surface area contributed by atoms with E-state index in [0.717, 1.165) is 12.0 Å². The molecule has 0 radical (unpaired) electrons. The molecule has 1 saturated heterocycles. The summed E-state index contributed by atoms with van der Waals surface area (Å²) in [5.74, 6) is 0.927. The van der Waals surface area contributed by atoms with Gasteiger partial charge in [-0.2, -0.15) is 0 Å². The normalized spacial score (nSPS) is 32.2. The molecule has 1 heterocycles. The summed E-state index contributed by atoms with van der Waals surface area (Å²) >= 11 is 0. The predicted octanol–water partition coefficient (Wildman–Crippen LogP) is 4.05. The molecule has 0 amide bonds. The van der Waals surface area contributed by atoms with Crippen LogP contribution in [0.5, 0.6) is 0 Å². The van der Waals surface area contributed by atoms with Crippen molar-refractivity contribution < 1.29 is 0 Å². The molecule has 2 fully saturated rings. The molecule has 3 atom stereocenters. The molecule has 0 bridgehead atoms. The molecule has 2 nitrogen and oxygen atoms in total. The van der Waals surface area contributed by atoms with Crippen LogP contribution in [0.2, 0.25) is 0 Å². The first-order chi connectivity index (χ1) is 9.43. The highest BCUT2D eigenvalue weighted by Gasteiger charge is 2.39. The number of piperazine rings is 1. The Hall–Kier alpha value is -0.0800. The fraction of sp³-hybridized carbons (Fsp3) is 1.00. The van der Waals surface area contributed by atoms with E-state index in [9.17, 15) is 0 Å². The molecule has 2 heteroatoms. The minimum Gasteiger partial charge on any atom is -0.311 e. The Balaban J connectivity index is 2.04. The summed E-state index contributed by atoms with van der Waals surface area (Å²) < 4.78 is 0. The Morgan fingerprint density at radius 1 is 1.15 bits per heavy atom. The molecular weight excluding hydrogens is 244 g/mol. The van der Waals surface area contributed by atoms with Gasteiger partial charge < -0.3 is 5.32 Å². The Morgan fingerprint density at radius 3 is 2.35 bits per heavy atom. The van der Waals surface area contributed by atoms with Crippen molar-refractivity contribution in [1.82, 2.24) is 10.2 Å². The van der Waals surface area contributed by atoms with Gasteiger partial charge in [0.15, 0.2) is 0 Å². The van der Waals surface area contributed by atoms with Gasteiger partial charge in [0.2, 0.25) is 0 Å². The van der Waals surface area contributed by atoms with Gasteiger partial charge in [-0.05, 0) is 37.5 Å². The average molecular weight is 280 g/mol. The van der Waals surface area contributed by atoms with Gasteiger partial charge in [0, 0.05) is 31.2 Å². The van der Waals surface area contributed by atoms with Crippen LogP contribution in [0.4, 0.5) is 0 Å². The summed E-state index contributed by atoms with van der Waals surface area (Å²) in [4.78, 5) is 2.82. The van der Waals surface area contributed by atoms with Gasteiger partial charge in [0.25, 0.3) is 0 Å². The van der Waals surface area contributed by atoms with Gasteiger partial charge in [-0.3, -0.25) is 4.90 Å². The molecule has 20 heavy (non-hydrogen) atoms. The SMILES string of the molecule is CCC(C)N1CC(C2CCCCC2)NCC1C(C)(C)C. The molecule has 0 aromatic carbocycles. The molecule has 118 valence electrons. The average Bonchev–Trinajstić information content (AvgIpc) is 2.45. The lowest BCUT2D eigenvalue weighted by Gasteiger charge is -2.50. The zero-order valence-corrected chi connectivity index (χ0v) is 14.4. The quantitative estimate of drug-likeness (QED) is 0.839. The molecule has 1 aliphatic heterocycles. The van der Waals surface area contributed by atoms with Gasteiger partial charge in [-0.25, -0.2) is 0 Å². The van der Waals surface area contributed by atoms with E-state index >= 15 is 0 Å². The zero-order valence-electron chi connectivity index (χ0n) is 14.4. The fourth-order valence-electron chi connectivity index (χ4n) is 4.18. The third-order valence-corrected chi connectivity index (χ3v) is 5.76. The second-order valence-corrected chi connectivity index (χ2v) is 8.25. The standard InChI is InChI=1S/C18H36N2/c1-6-14(2)20-13-16(15-10-8-7-9-11-15)19-12-17(20)18(3,4)5/h14-17,19H,6-13H2,1-5H3. The monoisotopic (exact) mass is 280 g/mol. The second kappa shape index (κ2) is 6.79. The third-order valence-electron chi connectivity index (χ3n) is 5.76. The number of hydrogen-bond donors (Lipinski definition) is 1. The van der Waals surface area contributed by atoms with Crippen LogP contribution in [0.3, 0.4) is 0 Å². The first-order valence-corrected chi connectivity index (χ1v) is 8.92. The van der Waals surface area contributed by atoms with E-state index in [1.807, 2.05) is 0 Å². The Labute approximate surface area is 126 Å². The first-order valence-electron chi connectivity index (χ1n) is 8.92. The molecule has 2 aliphatic rings. The highest BCUT2D eigenvalue weighted by molar-refractivity contribution is 4.96. The molecule has 1 N–H and O–H groups in total. The van der Waals surface area contributed by atoms with Crippen LogP contribution < -0.4 is 5.32 Å². The number of hydrogen-bond acceptors (Lipinski definition) is 2. The van der Waals surface area contributed by atoms with Crippen LogP contribution in [0.1, 0.15) is 73.1 Å². The van der Waals surface area contributed by atoms with E-state index in [1.54, 1.807) is 0 Å². The summed E-state index contributed by atoms with van der Waals surface area (Å²) in [5.41, 5.74) is 0.369. The summed E-state index contributed by atoms with van der Waals surface area (Å²) in [6.45, 7) is 14.4. The highest BCUT2D eigenvalue weighted by atomic mass is 15.3. The predicted molar refractivity (Wildman–Crippen MR) is 88.1 cm³/mol. The largest absolute Gasteiger partial charge is 0.311 e. The van der Waals surface area contributed by atoms with Crippen LogP contribution in [0.15, 0.2) is 0 Å². The van der Waals surface area contributed by atoms with Crippen molar-refractivity contribution in [3.8, 4) is 0 Å². The van der Waals surface area contributed by atoms with E-state index in [1.165, 1.54) is 51.6 Å². The lowest BCUT2D eigenvalue weighted by molar-refractivity contribution is 0.0100. The van der Waals surface area contributed by atoms with Crippen molar-refractivity contribution in [2.24, 2.45) is 11.3 Å². The van der Waals surface area contributed by atoms with Crippen molar-refractivity contribution in [3.63, 3.8) is 0 Å². The highest BCUT2D eigenvalue weighted by Crippen LogP contribution is 2.33. The van der Waals surface area contributed by atoms with Gasteiger partial charge in [0.05, 0.1) is 0 Å². The van der Waals surface area contributed by atoms with Crippen molar-refractivity contribution in [2.75, 3.05) is 13.1 Å². The Morgan fingerprint density at radius 2 is 1.80 bits per heavy atom. The molecule has 1 saturated carbocycles. The van der Waals surface area contributed by atoms with Gasteiger partial charge in [-0.1, -0.05) is 47.0 Å². The minimum atomic E-state index is 0.369. The zero-order chi connectivity index (χ0) is 14.8. The lowest BCUT2D eigenvalue weighted by atomic mass is 9.79. The van der Waals surface area contributed by atoms with E-state index in [0.29, 0.717) is 17.5 Å². The summed E-state index contributed by atoms with van der Waals surface area (Å²) in [6.07, 6.45) is 8.54. The van der Waals surface area contributed by atoms with Crippen LogP contribution >= 0.6 is 0 Å². The molecule has 3 unspecified atom stereocenters. The van der Waals surface area contributed by atoms with Crippen molar-refractivity contribution >= 4 is 0 Å². The van der Waals surface area contributed by atoms with Crippen LogP contribution in [0.25, 0.3) is 0 Å². The summed E-state index contributed by atoms with van der Waals surface area (Å²) in [5, 5.41) is 3.91. The topological polar surface area (TPSA) is 15.3 Å². The summed E-state index contributed by atoms with van der Waals surface area (Å²) in [6, 6.07) is 2.13. The maximum atomic E-state index is 3.91. The maximum Gasteiger partial charge on any atom is 0.0272 e. The second-order valence-electron chi connectivity index (χ2n) is 8.25. The number of rotatable bonds is 3. The molecule has 0 aromatic heterocycles. The van der Waals surface area contributed by atoms with Crippen LogP contribution in [0, 0.1) is 11.3 Å². The smallest absolute Gasteiger partial charge is 0.0272 e. The first kappa shape index (κ1) is 16.3. The Bertz CT molecular complexity index is 288. The minimum absolute atomic E-state index is 0.369. The van der Waals surface area contributed by atoms with Crippen LogP contribution in [-0.4, -0.2) is 36.1 Å². The molecule has 0 spiro atoms. The molecule has 2 rings (SSSR count). The van der Waals surface area contributed by atoms with E-state index in [4.69, 9.17) is 0 Å². The molecule has 1 aliphatic carbocycles. The van der Waals surface area contributed by atoms with E-state index in [2.05, 4.69) is 44.8 Å². The van der Waals surface area contributed by atoms with E-state index < -0.39 is 0 Å². The number of nitrogens with one attached hydrogen (secondary N) is 1. The molecular formula is C18H36N2.